The average Bonchev–Trinajstić information content (AvgIpc) is 2.22. The molecular formula is C12H14F3N. The highest BCUT2D eigenvalue weighted by molar-refractivity contribution is 5.37. The van der Waals surface area contributed by atoms with Crippen LogP contribution in [0.1, 0.15) is 29.7 Å². The van der Waals surface area contributed by atoms with E-state index in [9.17, 15) is 13.2 Å². The van der Waals surface area contributed by atoms with Crippen molar-refractivity contribution >= 4 is 0 Å². The molecule has 0 bridgehead atoms. The molecule has 2 rings (SSSR count). The summed E-state index contributed by atoms with van der Waals surface area (Å²) in [6.07, 6.45) is -3.54. The lowest BCUT2D eigenvalue weighted by Gasteiger charge is -2.32. The zero-order valence-corrected chi connectivity index (χ0v) is 9.30. The summed E-state index contributed by atoms with van der Waals surface area (Å²) < 4.78 is 37.6. The maximum Gasteiger partial charge on any atom is 0.416 e. The minimum absolute atomic E-state index is 0.200. The Balaban J connectivity index is 2.41. The van der Waals surface area contributed by atoms with Crippen LogP contribution in [0, 0.1) is 0 Å². The molecule has 0 N–H and O–H groups in total. The van der Waals surface area contributed by atoms with E-state index in [-0.39, 0.29) is 6.04 Å². The second-order valence-corrected chi connectivity index (χ2v) is 4.32. The summed E-state index contributed by atoms with van der Waals surface area (Å²) in [7, 11) is 1.99. The zero-order chi connectivity index (χ0) is 11.9. The fourth-order valence-corrected chi connectivity index (χ4v) is 2.13. The van der Waals surface area contributed by atoms with Crippen LogP contribution in [0.4, 0.5) is 13.2 Å². The Kier molecular flexibility index (Phi) is 2.70. The fourth-order valence-electron chi connectivity index (χ4n) is 2.13. The van der Waals surface area contributed by atoms with Gasteiger partial charge in [-0.25, -0.2) is 0 Å². The van der Waals surface area contributed by atoms with E-state index in [4.69, 9.17) is 0 Å². The maximum atomic E-state index is 12.5. The molecule has 4 heteroatoms. The number of rotatable bonds is 0. The van der Waals surface area contributed by atoms with Crippen LogP contribution in [-0.2, 0) is 12.6 Å². The van der Waals surface area contributed by atoms with Gasteiger partial charge in [-0.05, 0) is 43.7 Å². The predicted octanol–water partition coefficient (Wildman–Crippen LogP) is 3.25. The van der Waals surface area contributed by atoms with Crippen LogP contribution in [0.3, 0.4) is 0 Å². The van der Waals surface area contributed by atoms with Gasteiger partial charge in [0.05, 0.1) is 5.56 Å². The van der Waals surface area contributed by atoms with Gasteiger partial charge in [-0.15, -0.1) is 0 Å². The SMILES string of the molecule is CC1c2ccc(C(F)(F)F)cc2CCN1C. The van der Waals surface area contributed by atoms with E-state index in [0.717, 1.165) is 17.7 Å². The highest BCUT2D eigenvalue weighted by atomic mass is 19.4. The number of hydrogen-bond acceptors (Lipinski definition) is 1. The van der Waals surface area contributed by atoms with Gasteiger partial charge in [0, 0.05) is 12.6 Å². The summed E-state index contributed by atoms with van der Waals surface area (Å²) in [6, 6.07) is 4.28. The Morgan fingerprint density at radius 2 is 2.00 bits per heavy atom. The van der Waals surface area contributed by atoms with Crippen molar-refractivity contribution in [1.29, 1.82) is 0 Å². The van der Waals surface area contributed by atoms with Crippen molar-refractivity contribution in [2.45, 2.75) is 25.6 Å². The van der Waals surface area contributed by atoms with Gasteiger partial charge in [0.15, 0.2) is 0 Å². The lowest BCUT2D eigenvalue weighted by atomic mass is 9.92. The minimum atomic E-state index is -4.23. The van der Waals surface area contributed by atoms with Crippen LogP contribution >= 0.6 is 0 Å². The van der Waals surface area contributed by atoms with Gasteiger partial charge in [0.1, 0.15) is 0 Å². The Morgan fingerprint density at radius 1 is 1.31 bits per heavy atom. The third-order valence-corrected chi connectivity index (χ3v) is 3.32. The second kappa shape index (κ2) is 3.77. The molecule has 1 atom stereocenters. The molecule has 1 heterocycles. The van der Waals surface area contributed by atoms with E-state index in [1.54, 1.807) is 6.07 Å². The van der Waals surface area contributed by atoms with E-state index in [1.165, 1.54) is 12.1 Å². The van der Waals surface area contributed by atoms with E-state index >= 15 is 0 Å². The monoisotopic (exact) mass is 229 g/mol. The standard InChI is InChI=1S/C12H14F3N/c1-8-11-4-3-10(12(13,14)15)7-9(11)5-6-16(8)2/h3-4,7-8H,5-6H2,1-2H3. The minimum Gasteiger partial charge on any atom is -0.299 e. The van der Waals surface area contributed by atoms with E-state index < -0.39 is 11.7 Å². The normalized spacial score (nSPS) is 21.9. The highest BCUT2D eigenvalue weighted by Crippen LogP contribution is 2.34. The number of nitrogens with zero attached hydrogens (tertiary/aromatic N) is 1. The van der Waals surface area contributed by atoms with E-state index in [2.05, 4.69) is 4.90 Å². The maximum absolute atomic E-state index is 12.5. The first-order valence-electron chi connectivity index (χ1n) is 5.30. The topological polar surface area (TPSA) is 3.24 Å². The molecule has 1 nitrogen and oxygen atoms in total. The Labute approximate surface area is 92.9 Å². The Hall–Kier alpha value is -1.03. The lowest BCUT2D eigenvalue weighted by molar-refractivity contribution is -0.137. The summed E-state index contributed by atoms with van der Waals surface area (Å²) in [5, 5.41) is 0. The van der Waals surface area contributed by atoms with Crippen LogP contribution in [0.2, 0.25) is 0 Å². The molecule has 1 aliphatic heterocycles. The first-order valence-corrected chi connectivity index (χ1v) is 5.30. The van der Waals surface area contributed by atoms with Crippen molar-refractivity contribution < 1.29 is 13.2 Å². The number of alkyl halides is 3. The van der Waals surface area contributed by atoms with Crippen molar-refractivity contribution in [2.75, 3.05) is 13.6 Å². The molecule has 0 amide bonds. The molecule has 0 fully saturated rings. The molecule has 0 radical (unpaired) electrons. The first-order chi connectivity index (χ1) is 7.39. The largest absolute Gasteiger partial charge is 0.416 e. The molecule has 1 aliphatic rings. The number of hydrogen-bond donors (Lipinski definition) is 0. The number of fused-ring (bicyclic) bond motifs is 1. The van der Waals surface area contributed by atoms with Crippen molar-refractivity contribution in [3.05, 3.63) is 34.9 Å². The van der Waals surface area contributed by atoms with Gasteiger partial charge in [-0.1, -0.05) is 6.07 Å². The third-order valence-electron chi connectivity index (χ3n) is 3.32. The molecule has 0 aliphatic carbocycles. The zero-order valence-electron chi connectivity index (χ0n) is 9.30. The number of likely N-dealkylation sites (N-methyl/N-ethyl adjacent to an activating group) is 1. The quantitative estimate of drug-likeness (QED) is 0.660. The molecule has 0 aromatic heterocycles. The van der Waals surface area contributed by atoms with Gasteiger partial charge in [-0.3, -0.25) is 4.90 Å². The van der Waals surface area contributed by atoms with Crippen molar-refractivity contribution in [2.24, 2.45) is 0 Å². The summed E-state index contributed by atoms with van der Waals surface area (Å²) in [4.78, 5) is 2.15. The van der Waals surface area contributed by atoms with Gasteiger partial charge in [0.2, 0.25) is 0 Å². The van der Waals surface area contributed by atoms with Crippen LogP contribution in [-0.4, -0.2) is 18.5 Å². The van der Waals surface area contributed by atoms with E-state index in [0.29, 0.717) is 6.42 Å². The Morgan fingerprint density at radius 3 is 2.62 bits per heavy atom. The van der Waals surface area contributed by atoms with Crippen molar-refractivity contribution in [1.82, 2.24) is 4.90 Å². The molecule has 0 saturated heterocycles. The van der Waals surface area contributed by atoms with Gasteiger partial charge in [-0.2, -0.15) is 13.2 Å². The number of benzene rings is 1. The van der Waals surface area contributed by atoms with Gasteiger partial charge in [0.25, 0.3) is 0 Å². The van der Waals surface area contributed by atoms with E-state index in [1.807, 2.05) is 14.0 Å². The third kappa shape index (κ3) is 1.94. The summed E-state index contributed by atoms with van der Waals surface area (Å²) in [6.45, 7) is 2.83. The summed E-state index contributed by atoms with van der Waals surface area (Å²) >= 11 is 0. The summed E-state index contributed by atoms with van der Waals surface area (Å²) in [5.74, 6) is 0. The van der Waals surface area contributed by atoms with Crippen LogP contribution in [0.15, 0.2) is 18.2 Å². The van der Waals surface area contributed by atoms with Crippen LogP contribution < -0.4 is 0 Å². The first kappa shape index (κ1) is 11.5. The molecule has 0 saturated carbocycles. The predicted molar refractivity (Wildman–Crippen MR) is 56.2 cm³/mol. The smallest absolute Gasteiger partial charge is 0.299 e. The molecule has 1 aromatic carbocycles. The second-order valence-electron chi connectivity index (χ2n) is 4.32. The van der Waals surface area contributed by atoms with Crippen molar-refractivity contribution in [3.63, 3.8) is 0 Å². The van der Waals surface area contributed by atoms with Gasteiger partial charge < -0.3 is 0 Å². The molecule has 0 spiro atoms. The molecule has 1 aromatic rings. The van der Waals surface area contributed by atoms with Crippen LogP contribution in [0.5, 0.6) is 0 Å². The molecule has 88 valence electrons. The highest BCUT2D eigenvalue weighted by Gasteiger charge is 2.32. The lowest BCUT2D eigenvalue weighted by Crippen LogP contribution is -2.30. The van der Waals surface area contributed by atoms with Crippen molar-refractivity contribution in [3.8, 4) is 0 Å². The average molecular weight is 229 g/mol. The molecule has 1 unspecified atom stereocenters. The summed E-state index contributed by atoms with van der Waals surface area (Å²) in [5.41, 5.74) is 1.31. The van der Waals surface area contributed by atoms with Crippen LogP contribution in [0.25, 0.3) is 0 Å². The number of halogens is 3. The van der Waals surface area contributed by atoms with Gasteiger partial charge >= 0.3 is 6.18 Å². The molecular weight excluding hydrogens is 215 g/mol. The molecule has 16 heavy (non-hydrogen) atoms. The Bertz CT molecular complexity index is 398. The fraction of sp³-hybridized carbons (Fsp3) is 0.500.